The Morgan fingerprint density at radius 1 is 1.00 bits per heavy atom. The molecule has 3 aromatic rings. The van der Waals surface area contributed by atoms with Crippen LogP contribution in [0, 0.1) is 12.7 Å². The number of nitrogens with zero attached hydrogens (tertiary/aromatic N) is 2. The summed E-state index contributed by atoms with van der Waals surface area (Å²) in [5.74, 6) is 0.239. The highest BCUT2D eigenvalue weighted by atomic mass is 32.2. The van der Waals surface area contributed by atoms with Crippen LogP contribution in [-0.2, 0) is 0 Å². The number of halogens is 1. The Morgan fingerprint density at radius 3 is 2.45 bits per heavy atom. The minimum absolute atomic E-state index is 0.254. The third-order valence-electron chi connectivity index (χ3n) is 3.04. The lowest BCUT2D eigenvalue weighted by Crippen LogP contribution is -2.00. The lowest BCUT2D eigenvalue weighted by Gasteiger charge is -2.14. The van der Waals surface area contributed by atoms with E-state index in [-0.39, 0.29) is 5.82 Å². The molecule has 0 bridgehead atoms. The van der Waals surface area contributed by atoms with E-state index in [1.54, 1.807) is 18.5 Å². The third kappa shape index (κ3) is 3.43. The summed E-state index contributed by atoms with van der Waals surface area (Å²) in [6, 6.07) is 14.6. The predicted octanol–water partition coefficient (Wildman–Crippen LogP) is 4.82. The molecule has 0 saturated heterocycles. The molecule has 0 aliphatic rings. The first-order valence-electron chi connectivity index (χ1n) is 6.79. The standard InChI is InChI=1S/C17H14FN3S/c1-12-10-13(18)11-15(22-14-6-3-2-4-7-14)16(12)21-17-19-8-5-9-20-17/h2-11H,1H3,(H,19,20,21). The molecular formula is C17H14FN3S. The van der Waals surface area contributed by atoms with Gasteiger partial charge in [0, 0.05) is 22.2 Å². The van der Waals surface area contributed by atoms with Crippen LogP contribution in [0.15, 0.2) is 70.7 Å². The Bertz CT molecular complexity index is 764. The van der Waals surface area contributed by atoms with Gasteiger partial charge in [-0.15, -0.1) is 0 Å². The van der Waals surface area contributed by atoms with Gasteiger partial charge in [-0.25, -0.2) is 14.4 Å². The maximum atomic E-state index is 13.8. The predicted molar refractivity (Wildman–Crippen MR) is 87.0 cm³/mol. The zero-order valence-electron chi connectivity index (χ0n) is 12.0. The SMILES string of the molecule is Cc1cc(F)cc(Sc2ccccc2)c1Nc1ncccn1. The van der Waals surface area contributed by atoms with Gasteiger partial charge in [0.1, 0.15) is 5.82 Å². The molecule has 110 valence electrons. The van der Waals surface area contributed by atoms with Crippen molar-refractivity contribution in [3.05, 3.63) is 72.3 Å². The summed E-state index contributed by atoms with van der Waals surface area (Å²) in [6.07, 6.45) is 3.33. The molecule has 0 aliphatic heterocycles. The molecule has 0 saturated carbocycles. The van der Waals surface area contributed by atoms with Gasteiger partial charge in [-0.05, 0) is 42.8 Å². The van der Waals surface area contributed by atoms with Gasteiger partial charge in [-0.3, -0.25) is 0 Å². The quantitative estimate of drug-likeness (QED) is 0.749. The Kier molecular flexibility index (Phi) is 4.34. The summed E-state index contributed by atoms with van der Waals surface area (Å²) in [4.78, 5) is 10.2. The first-order chi connectivity index (χ1) is 10.7. The fraction of sp³-hybridized carbons (Fsp3) is 0.0588. The highest BCUT2D eigenvalue weighted by Crippen LogP contribution is 2.37. The molecule has 1 heterocycles. The van der Waals surface area contributed by atoms with E-state index in [0.29, 0.717) is 5.95 Å². The molecule has 0 atom stereocenters. The molecule has 1 aromatic heterocycles. The van der Waals surface area contributed by atoms with Crippen LogP contribution in [0.4, 0.5) is 16.0 Å². The number of hydrogen-bond acceptors (Lipinski definition) is 4. The van der Waals surface area contributed by atoms with Gasteiger partial charge in [-0.2, -0.15) is 0 Å². The van der Waals surface area contributed by atoms with Crippen molar-refractivity contribution in [3.63, 3.8) is 0 Å². The van der Waals surface area contributed by atoms with E-state index < -0.39 is 0 Å². The van der Waals surface area contributed by atoms with Crippen molar-refractivity contribution in [1.82, 2.24) is 9.97 Å². The maximum Gasteiger partial charge on any atom is 0.227 e. The van der Waals surface area contributed by atoms with Gasteiger partial charge in [0.2, 0.25) is 5.95 Å². The number of benzene rings is 2. The fourth-order valence-electron chi connectivity index (χ4n) is 2.04. The summed E-state index contributed by atoms with van der Waals surface area (Å²) in [7, 11) is 0. The zero-order chi connectivity index (χ0) is 15.4. The van der Waals surface area contributed by atoms with Crippen molar-refractivity contribution in [2.24, 2.45) is 0 Å². The molecule has 0 amide bonds. The number of aromatic nitrogens is 2. The summed E-state index contributed by atoms with van der Waals surface area (Å²) in [5, 5.41) is 3.18. The van der Waals surface area contributed by atoms with Crippen LogP contribution < -0.4 is 5.32 Å². The molecule has 0 unspecified atom stereocenters. The van der Waals surface area contributed by atoms with Gasteiger partial charge in [-0.1, -0.05) is 30.0 Å². The van der Waals surface area contributed by atoms with Crippen LogP contribution in [-0.4, -0.2) is 9.97 Å². The van der Waals surface area contributed by atoms with Gasteiger partial charge in [0.15, 0.2) is 0 Å². The second kappa shape index (κ2) is 6.58. The zero-order valence-corrected chi connectivity index (χ0v) is 12.8. The highest BCUT2D eigenvalue weighted by molar-refractivity contribution is 7.99. The van der Waals surface area contributed by atoms with E-state index in [2.05, 4.69) is 15.3 Å². The van der Waals surface area contributed by atoms with Crippen molar-refractivity contribution >= 4 is 23.4 Å². The normalized spacial score (nSPS) is 10.5. The van der Waals surface area contributed by atoms with E-state index >= 15 is 0 Å². The lowest BCUT2D eigenvalue weighted by molar-refractivity contribution is 0.623. The number of anilines is 2. The van der Waals surface area contributed by atoms with Gasteiger partial charge < -0.3 is 5.32 Å². The van der Waals surface area contributed by atoms with Crippen LogP contribution in [0.3, 0.4) is 0 Å². The molecular weight excluding hydrogens is 297 g/mol. The Balaban J connectivity index is 1.97. The number of aryl methyl sites for hydroxylation is 1. The maximum absolute atomic E-state index is 13.8. The summed E-state index contributed by atoms with van der Waals surface area (Å²) in [5.41, 5.74) is 1.63. The van der Waals surface area contributed by atoms with Gasteiger partial charge in [0.25, 0.3) is 0 Å². The molecule has 3 rings (SSSR count). The van der Waals surface area contributed by atoms with E-state index in [1.165, 1.54) is 23.9 Å². The fourth-order valence-corrected chi connectivity index (χ4v) is 3.08. The minimum atomic E-state index is -0.254. The van der Waals surface area contributed by atoms with Crippen LogP contribution >= 0.6 is 11.8 Å². The number of hydrogen-bond donors (Lipinski definition) is 1. The average molecular weight is 311 g/mol. The summed E-state index contributed by atoms with van der Waals surface area (Å²) >= 11 is 1.50. The average Bonchev–Trinajstić information content (AvgIpc) is 2.53. The van der Waals surface area contributed by atoms with Crippen LogP contribution in [0.5, 0.6) is 0 Å². The number of nitrogens with one attached hydrogen (secondary N) is 1. The van der Waals surface area contributed by atoms with Crippen LogP contribution in [0.25, 0.3) is 0 Å². The lowest BCUT2D eigenvalue weighted by atomic mass is 10.2. The Labute approximate surface area is 132 Å². The minimum Gasteiger partial charge on any atom is -0.323 e. The first kappa shape index (κ1) is 14.5. The molecule has 0 fully saturated rings. The smallest absolute Gasteiger partial charge is 0.227 e. The van der Waals surface area contributed by atoms with Crippen molar-refractivity contribution in [2.45, 2.75) is 16.7 Å². The van der Waals surface area contributed by atoms with E-state index in [1.807, 2.05) is 37.3 Å². The topological polar surface area (TPSA) is 37.8 Å². The second-order valence-electron chi connectivity index (χ2n) is 4.71. The molecule has 0 aliphatic carbocycles. The van der Waals surface area contributed by atoms with Crippen LogP contribution in [0.1, 0.15) is 5.56 Å². The monoisotopic (exact) mass is 311 g/mol. The summed E-state index contributed by atoms with van der Waals surface area (Å²) < 4.78 is 13.8. The molecule has 2 aromatic carbocycles. The summed E-state index contributed by atoms with van der Waals surface area (Å²) in [6.45, 7) is 1.86. The molecule has 0 spiro atoms. The Hall–Kier alpha value is -2.40. The van der Waals surface area contributed by atoms with Crippen molar-refractivity contribution in [3.8, 4) is 0 Å². The molecule has 3 nitrogen and oxygen atoms in total. The van der Waals surface area contributed by atoms with E-state index in [9.17, 15) is 4.39 Å². The largest absolute Gasteiger partial charge is 0.323 e. The molecule has 1 N–H and O–H groups in total. The Morgan fingerprint density at radius 2 is 1.73 bits per heavy atom. The van der Waals surface area contributed by atoms with Crippen LogP contribution in [0.2, 0.25) is 0 Å². The van der Waals surface area contributed by atoms with Gasteiger partial charge >= 0.3 is 0 Å². The number of rotatable bonds is 4. The second-order valence-corrected chi connectivity index (χ2v) is 5.82. The van der Waals surface area contributed by atoms with E-state index in [4.69, 9.17) is 0 Å². The van der Waals surface area contributed by atoms with E-state index in [0.717, 1.165) is 21.0 Å². The molecule has 0 radical (unpaired) electrons. The van der Waals surface area contributed by atoms with Crippen molar-refractivity contribution in [2.75, 3.05) is 5.32 Å². The van der Waals surface area contributed by atoms with Crippen molar-refractivity contribution < 1.29 is 4.39 Å². The van der Waals surface area contributed by atoms with Crippen molar-refractivity contribution in [1.29, 1.82) is 0 Å². The third-order valence-corrected chi connectivity index (χ3v) is 4.09. The molecule has 22 heavy (non-hydrogen) atoms. The highest BCUT2D eigenvalue weighted by Gasteiger charge is 2.11. The first-order valence-corrected chi connectivity index (χ1v) is 7.61. The van der Waals surface area contributed by atoms with Gasteiger partial charge in [0.05, 0.1) is 5.69 Å². The molecule has 5 heteroatoms.